The summed E-state index contributed by atoms with van der Waals surface area (Å²) in [5, 5.41) is 2.96. The van der Waals surface area contributed by atoms with E-state index in [2.05, 4.69) is 27.1 Å². The average Bonchev–Trinajstić information content (AvgIpc) is 3.10. The Bertz CT molecular complexity index is 818. The fraction of sp³-hybridized carbons (Fsp3) is 0.381. The van der Waals surface area contributed by atoms with Gasteiger partial charge in [-0.2, -0.15) is 8.78 Å². The molecule has 0 spiro atoms. The largest absolute Gasteiger partial charge is 0.434 e. The molecule has 2 aliphatic heterocycles. The monoisotopic (exact) mass is 388 g/mol. The number of ether oxygens (including phenoxy) is 2. The van der Waals surface area contributed by atoms with Crippen molar-refractivity contribution in [2.24, 2.45) is 0 Å². The number of carbonyl (C=O) groups is 1. The van der Waals surface area contributed by atoms with Crippen molar-refractivity contribution in [1.82, 2.24) is 10.2 Å². The van der Waals surface area contributed by atoms with Gasteiger partial charge in [0.15, 0.2) is 0 Å². The normalized spacial score (nSPS) is 24.8. The first-order valence-electron chi connectivity index (χ1n) is 9.35. The molecule has 0 saturated carbocycles. The maximum atomic E-state index is 12.6. The van der Waals surface area contributed by atoms with Crippen molar-refractivity contribution < 1.29 is 23.0 Å². The number of alkyl halides is 2. The summed E-state index contributed by atoms with van der Waals surface area (Å²) < 4.78 is 35.6. The maximum Gasteiger partial charge on any atom is 0.387 e. The molecule has 1 N–H and O–H groups in total. The fourth-order valence-corrected chi connectivity index (χ4v) is 3.96. The minimum absolute atomic E-state index is 0.0204. The van der Waals surface area contributed by atoms with E-state index in [1.54, 1.807) is 12.1 Å². The molecule has 2 aromatic rings. The van der Waals surface area contributed by atoms with Gasteiger partial charge in [0, 0.05) is 25.2 Å². The Morgan fingerprint density at radius 3 is 2.64 bits per heavy atom. The molecule has 0 aliphatic carbocycles. The molecule has 5 nitrogen and oxygen atoms in total. The van der Waals surface area contributed by atoms with E-state index in [0.717, 1.165) is 18.5 Å². The summed E-state index contributed by atoms with van der Waals surface area (Å²) in [6.45, 7) is -0.883. The van der Waals surface area contributed by atoms with Crippen molar-refractivity contribution in [2.75, 3.05) is 19.7 Å². The first kappa shape index (κ1) is 18.8. The number of carbonyl (C=O) groups excluding carboxylic acids is 1. The SMILES string of the molecule is O=C(N[C@@H]1C[C@H]2CO[C@@H](c3ccccc3)CN2C1)c1ccccc1OC(F)F. The first-order valence-corrected chi connectivity index (χ1v) is 9.35. The van der Waals surface area contributed by atoms with Crippen molar-refractivity contribution in [3.8, 4) is 5.75 Å². The fourth-order valence-electron chi connectivity index (χ4n) is 3.96. The number of nitrogens with one attached hydrogen (secondary N) is 1. The molecular formula is C21H22F2N2O3. The molecule has 2 heterocycles. The quantitative estimate of drug-likeness (QED) is 0.855. The van der Waals surface area contributed by atoms with E-state index in [1.165, 1.54) is 12.1 Å². The van der Waals surface area contributed by atoms with Gasteiger partial charge in [0.25, 0.3) is 5.91 Å². The number of hydrogen-bond donors (Lipinski definition) is 1. The number of hydrogen-bond acceptors (Lipinski definition) is 4. The molecule has 2 aliphatic rings. The molecule has 2 fully saturated rings. The second kappa shape index (κ2) is 8.24. The molecule has 4 rings (SSSR count). The Balaban J connectivity index is 1.38. The van der Waals surface area contributed by atoms with E-state index in [9.17, 15) is 13.6 Å². The Hall–Kier alpha value is -2.51. The van der Waals surface area contributed by atoms with Gasteiger partial charge in [-0.05, 0) is 24.1 Å². The maximum absolute atomic E-state index is 12.6. The molecule has 2 saturated heterocycles. The van der Waals surface area contributed by atoms with Crippen LogP contribution in [0.4, 0.5) is 8.78 Å². The first-order chi connectivity index (χ1) is 13.6. The van der Waals surface area contributed by atoms with E-state index < -0.39 is 12.5 Å². The van der Waals surface area contributed by atoms with Gasteiger partial charge in [-0.25, -0.2) is 0 Å². The standard InChI is InChI=1S/C21H22F2N2O3/c22-21(23)28-18-9-5-4-8-17(18)20(26)24-15-10-16-13-27-19(12-25(16)11-15)14-6-2-1-3-7-14/h1-9,15-16,19,21H,10-13H2,(H,24,26)/t15-,16+,19-/m1/s1. The van der Waals surface area contributed by atoms with Crippen molar-refractivity contribution >= 4 is 5.91 Å². The summed E-state index contributed by atoms with van der Waals surface area (Å²) >= 11 is 0. The number of benzene rings is 2. The van der Waals surface area contributed by atoms with Crippen LogP contribution in [0.25, 0.3) is 0 Å². The Kier molecular flexibility index (Phi) is 5.54. The van der Waals surface area contributed by atoms with E-state index in [1.807, 2.05) is 18.2 Å². The molecule has 148 valence electrons. The van der Waals surface area contributed by atoms with Crippen molar-refractivity contribution in [3.05, 3.63) is 65.7 Å². The third-order valence-corrected chi connectivity index (χ3v) is 5.27. The number of rotatable bonds is 5. The molecule has 0 unspecified atom stereocenters. The lowest BCUT2D eigenvalue weighted by Crippen LogP contribution is -2.43. The summed E-state index contributed by atoms with van der Waals surface area (Å²) in [5.74, 6) is -0.514. The van der Waals surface area contributed by atoms with Gasteiger partial charge in [0.1, 0.15) is 5.75 Å². The van der Waals surface area contributed by atoms with Gasteiger partial charge in [-0.3, -0.25) is 9.69 Å². The highest BCUT2D eigenvalue weighted by Gasteiger charge is 2.38. The zero-order valence-electron chi connectivity index (χ0n) is 15.3. The summed E-state index contributed by atoms with van der Waals surface area (Å²) in [6, 6.07) is 16.3. The molecular weight excluding hydrogens is 366 g/mol. The Morgan fingerprint density at radius 2 is 1.86 bits per heavy atom. The van der Waals surface area contributed by atoms with Crippen LogP contribution in [-0.2, 0) is 4.74 Å². The van der Waals surface area contributed by atoms with E-state index in [-0.39, 0.29) is 29.5 Å². The lowest BCUT2D eigenvalue weighted by molar-refractivity contribution is -0.0502. The highest BCUT2D eigenvalue weighted by molar-refractivity contribution is 5.97. The van der Waals surface area contributed by atoms with Crippen molar-refractivity contribution in [1.29, 1.82) is 0 Å². The van der Waals surface area contributed by atoms with Crippen LogP contribution >= 0.6 is 0 Å². The smallest absolute Gasteiger partial charge is 0.387 e. The van der Waals surface area contributed by atoms with Gasteiger partial charge >= 0.3 is 6.61 Å². The van der Waals surface area contributed by atoms with Crippen LogP contribution in [0.2, 0.25) is 0 Å². The molecule has 2 aromatic carbocycles. The zero-order chi connectivity index (χ0) is 19.5. The third-order valence-electron chi connectivity index (χ3n) is 5.27. The van der Waals surface area contributed by atoms with Crippen LogP contribution in [0, 0.1) is 0 Å². The highest BCUT2D eigenvalue weighted by Crippen LogP contribution is 2.30. The summed E-state index contributed by atoms with van der Waals surface area (Å²) in [7, 11) is 0. The Morgan fingerprint density at radius 1 is 1.11 bits per heavy atom. The molecule has 0 aromatic heterocycles. The van der Waals surface area contributed by atoms with Crippen LogP contribution in [-0.4, -0.2) is 49.2 Å². The molecule has 28 heavy (non-hydrogen) atoms. The van der Waals surface area contributed by atoms with Crippen LogP contribution in [0.1, 0.15) is 28.4 Å². The van der Waals surface area contributed by atoms with Gasteiger partial charge in [-0.15, -0.1) is 0 Å². The lowest BCUT2D eigenvalue weighted by Gasteiger charge is -2.35. The minimum Gasteiger partial charge on any atom is -0.434 e. The van der Waals surface area contributed by atoms with Crippen molar-refractivity contribution in [3.63, 3.8) is 0 Å². The summed E-state index contributed by atoms with van der Waals surface area (Å²) in [5.41, 5.74) is 1.26. The van der Waals surface area contributed by atoms with Gasteiger partial charge in [-0.1, -0.05) is 42.5 Å². The minimum atomic E-state index is -2.97. The van der Waals surface area contributed by atoms with Crippen LogP contribution in [0.5, 0.6) is 5.75 Å². The number of amides is 1. The second-order valence-electron chi connectivity index (χ2n) is 7.12. The van der Waals surface area contributed by atoms with Crippen molar-refractivity contribution in [2.45, 2.75) is 31.2 Å². The second-order valence-corrected chi connectivity index (χ2v) is 7.12. The summed E-state index contributed by atoms with van der Waals surface area (Å²) in [4.78, 5) is 14.9. The molecule has 1 amide bonds. The summed E-state index contributed by atoms with van der Waals surface area (Å²) in [6.07, 6.45) is 0.789. The van der Waals surface area contributed by atoms with Gasteiger partial charge in [0.05, 0.1) is 18.3 Å². The van der Waals surface area contributed by atoms with Gasteiger partial charge < -0.3 is 14.8 Å². The van der Waals surface area contributed by atoms with E-state index in [0.29, 0.717) is 13.2 Å². The van der Waals surface area contributed by atoms with E-state index in [4.69, 9.17) is 4.74 Å². The van der Waals surface area contributed by atoms with Crippen LogP contribution < -0.4 is 10.1 Å². The lowest BCUT2D eigenvalue weighted by atomic mass is 10.1. The average molecular weight is 388 g/mol. The van der Waals surface area contributed by atoms with Gasteiger partial charge in [0.2, 0.25) is 0 Å². The number of halogens is 2. The Labute approximate surface area is 162 Å². The van der Waals surface area contributed by atoms with E-state index >= 15 is 0 Å². The number of fused-ring (bicyclic) bond motifs is 1. The highest BCUT2D eigenvalue weighted by atomic mass is 19.3. The number of nitrogens with zero attached hydrogens (tertiary/aromatic N) is 1. The topological polar surface area (TPSA) is 50.8 Å². The number of para-hydroxylation sites is 1. The number of morpholine rings is 1. The third kappa shape index (κ3) is 4.15. The van der Waals surface area contributed by atoms with Crippen LogP contribution in [0.3, 0.4) is 0 Å². The predicted octanol–water partition coefficient (Wildman–Crippen LogP) is 3.23. The molecule has 7 heteroatoms. The zero-order valence-corrected chi connectivity index (χ0v) is 15.3. The molecule has 3 atom stereocenters. The van der Waals surface area contributed by atoms with Crippen LogP contribution in [0.15, 0.2) is 54.6 Å². The predicted molar refractivity (Wildman–Crippen MR) is 99.4 cm³/mol. The molecule has 0 bridgehead atoms. The molecule has 0 radical (unpaired) electrons.